The molecule has 0 amide bonds. The van der Waals surface area contributed by atoms with Crippen LogP contribution in [0.5, 0.6) is 0 Å². The van der Waals surface area contributed by atoms with Crippen LogP contribution >= 0.6 is 0 Å². The van der Waals surface area contributed by atoms with E-state index in [1.807, 2.05) is 0 Å². The molecule has 0 heteroatoms. The number of unbranched alkanes of at least 4 members (excludes halogenated alkanes) is 1. The van der Waals surface area contributed by atoms with E-state index in [4.69, 9.17) is 0 Å². The third-order valence-corrected chi connectivity index (χ3v) is 3.02. The minimum Gasteiger partial charge on any atom is -0.0807 e. The van der Waals surface area contributed by atoms with Crippen molar-refractivity contribution in [2.75, 3.05) is 0 Å². The molecule has 84 valence electrons. The molecule has 0 fully saturated rings. The van der Waals surface area contributed by atoms with Crippen LogP contribution in [-0.2, 0) is 0 Å². The van der Waals surface area contributed by atoms with E-state index in [-0.39, 0.29) is 0 Å². The van der Waals surface area contributed by atoms with E-state index in [9.17, 15) is 0 Å². The summed E-state index contributed by atoms with van der Waals surface area (Å²) in [6.45, 7) is 4.57. The summed E-state index contributed by atoms with van der Waals surface area (Å²) < 4.78 is 0. The lowest BCUT2D eigenvalue weighted by Gasteiger charge is -2.16. The summed E-state index contributed by atoms with van der Waals surface area (Å²) in [5, 5.41) is 0. The lowest BCUT2D eigenvalue weighted by Crippen LogP contribution is -2.02. The molecule has 0 nitrogen and oxygen atoms in total. The van der Waals surface area contributed by atoms with Crippen molar-refractivity contribution in [1.82, 2.24) is 0 Å². The number of rotatable bonds is 6. The van der Waals surface area contributed by atoms with Crippen molar-refractivity contribution >= 4 is 0 Å². The standard InChI is InChI=1S/C15H24/c1-3-5-11-14(10-4-2)15-12-8-6-7-9-13-15/h6,8-9,12-14H,3-5,7,10-11H2,1-2H3. The van der Waals surface area contributed by atoms with Crippen LogP contribution < -0.4 is 0 Å². The second kappa shape index (κ2) is 7.50. The minimum absolute atomic E-state index is 0.786. The van der Waals surface area contributed by atoms with Gasteiger partial charge >= 0.3 is 0 Å². The van der Waals surface area contributed by atoms with Gasteiger partial charge in [0.15, 0.2) is 0 Å². The molecule has 1 aliphatic carbocycles. The first kappa shape index (κ1) is 12.3. The van der Waals surface area contributed by atoms with Crippen molar-refractivity contribution < 1.29 is 0 Å². The number of hydrogen-bond donors (Lipinski definition) is 0. The van der Waals surface area contributed by atoms with Crippen molar-refractivity contribution in [1.29, 1.82) is 0 Å². The number of hydrogen-bond acceptors (Lipinski definition) is 0. The molecule has 0 N–H and O–H groups in total. The molecule has 1 unspecified atom stereocenters. The molecule has 1 aliphatic rings. The topological polar surface area (TPSA) is 0 Å². The molecular formula is C15H24. The van der Waals surface area contributed by atoms with Gasteiger partial charge in [-0.2, -0.15) is 0 Å². The minimum atomic E-state index is 0.786. The molecule has 15 heavy (non-hydrogen) atoms. The first-order valence-corrected chi connectivity index (χ1v) is 6.41. The fourth-order valence-electron chi connectivity index (χ4n) is 2.14. The molecule has 0 aromatic carbocycles. The van der Waals surface area contributed by atoms with E-state index in [0.717, 1.165) is 12.3 Å². The van der Waals surface area contributed by atoms with Crippen LogP contribution in [0.2, 0.25) is 0 Å². The largest absolute Gasteiger partial charge is 0.0807 e. The molecule has 0 heterocycles. The van der Waals surface area contributed by atoms with Gasteiger partial charge in [-0.25, -0.2) is 0 Å². The van der Waals surface area contributed by atoms with Gasteiger partial charge in [-0.1, -0.05) is 63.5 Å². The maximum atomic E-state index is 2.33. The second-order valence-electron chi connectivity index (χ2n) is 4.36. The smallest absolute Gasteiger partial charge is 0.0162 e. The van der Waals surface area contributed by atoms with Crippen LogP contribution in [-0.4, -0.2) is 0 Å². The average Bonchev–Trinajstić information content (AvgIpc) is 2.52. The fraction of sp³-hybridized carbons (Fsp3) is 0.600. The quantitative estimate of drug-likeness (QED) is 0.569. The summed E-state index contributed by atoms with van der Waals surface area (Å²) >= 11 is 0. The summed E-state index contributed by atoms with van der Waals surface area (Å²) in [6, 6.07) is 0. The Morgan fingerprint density at radius 3 is 2.73 bits per heavy atom. The van der Waals surface area contributed by atoms with Gasteiger partial charge < -0.3 is 0 Å². The van der Waals surface area contributed by atoms with Crippen LogP contribution in [0.1, 0.15) is 52.4 Å². The molecule has 0 bridgehead atoms. The van der Waals surface area contributed by atoms with Crippen molar-refractivity contribution in [3.05, 3.63) is 36.0 Å². The zero-order valence-corrected chi connectivity index (χ0v) is 10.2. The van der Waals surface area contributed by atoms with Crippen LogP contribution in [0.3, 0.4) is 0 Å². The Labute approximate surface area is 94.8 Å². The summed E-state index contributed by atoms with van der Waals surface area (Å²) in [4.78, 5) is 0. The maximum Gasteiger partial charge on any atom is -0.0162 e. The van der Waals surface area contributed by atoms with E-state index in [1.54, 1.807) is 5.57 Å². The lowest BCUT2D eigenvalue weighted by molar-refractivity contribution is 0.496. The van der Waals surface area contributed by atoms with Gasteiger partial charge in [0.1, 0.15) is 0 Å². The van der Waals surface area contributed by atoms with E-state index in [0.29, 0.717) is 0 Å². The SMILES string of the molecule is CCCCC(CCC)C1=CC=CCC=C1. The van der Waals surface area contributed by atoms with Crippen molar-refractivity contribution in [2.45, 2.75) is 52.4 Å². The zero-order chi connectivity index (χ0) is 10.9. The van der Waals surface area contributed by atoms with Crippen LogP contribution in [0.4, 0.5) is 0 Å². The van der Waals surface area contributed by atoms with E-state index >= 15 is 0 Å². The van der Waals surface area contributed by atoms with Crippen molar-refractivity contribution in [2.24, 2.45) is 5.92 Å². The predicted molar refractivity (Wildman–Crippen MR) is 68.9 cm³/mol. The first-order valence-electron chi connectivity index (χ1n) is 6.41. The summed E-state index contributed by atoms with van der Waals surface area (Å²) in [6.07, 6.45) is 19.1. The fourth-order valence-corrected chi connectivity index (χ4v) is 2.14. The molecule has 0 aromatic heterocycles. The Balaban J connectivity index is 2.60. The lowest BCUT2D eigenvalue weighted by atomic mass is 9.89. The van der Waals surface area contributed by atoms with E-state index < -0.39 is 0 Å². The molecule has 0 aliphatic heterocycles. The van der Waals surface area contributed by atoms with Crippen LogP contribution in [0.15, 0.2) is 36.0 Å². The maximum absolute atomic E-state index is 2.33. The van der Waals surface area contributed by atoms with Gasteiger partial charge in [-0.3, -0.25) is 0 Å². The summed E-state index contributed by atoms with van der Waals surface area (Å²) in [7, 11) is 0. The molecular weight excluding hydrogens is 180 g/mol. The molecule has 0 spiro atoms. The Hall–Kier alpha value is -0.780. The summed E-state index contributed by atoms with van der Waals surface area (Å²) in [5.74, 6) is 0.786. The van der Waals surface area contributed by atoms with Crippen LogP contribution in [0.25, 0.3) is 0 Å². The number of allylic oxidation sites excluding steroid dienone is 6. The average molecular weight is 204 g/mol. The zero-order valence-electron chi connectivity index (χ0n) is 10.2. The van der Waals surface area contributed by atoms with Crippen molar-refractivity contribution in [3.8, 4) is 0 Å². The molecule has 0 aromatic rings. The molecule has 1 rings (SSSR count). The monoisotopic (exact) mass is 204 g/mol. The van der Waals surface area contributed by atoms with Gasteiger partial charge in [0.25, 0.3) is 0 Å². The van der Waals surface area contributed by atoms with Gasteiger partial charge in [0.05, 0.1) is 0 Å². The van der Waals surface area contributed by atoms with Crippen molar-refractivity contribution in [3.63, 3.8) is 0 Å². The van der Waals surface area contributed by atoms with E-state index in [2.05, 4.69) is 44.2 Å². The highest BCUT2D eigenvalue weighted by atomic mass is 14.2. The Morgan fingerprint density at radius 1 is 1.13 bits per heavy atom. The molecule has 0 saturated carbocycles. The molecule has 1 atom stereocenters. The third-order valence-electron chi connectivity index (χ3n) is 3.02. The third kappa shape index (κ3) is 4.51. The Bertz CT molecular complexity index is 243. The highest BCUT2D eigenvalue weighted by Crippen LogP contribution is 2.25. The highest BCUT2D eigenvalue weighted by molar-refractivity contribution is 5.29. The highest BCUT2D eigenvalue weighted by Gasteiger charge is 2.10. The second-order valence-corrected chi connectivity index (χ2v) is 4.36. The van der Waals surface area contributed by atoms with Crippen LogP contribution in [0, 0.1) is 5.92 Å². The normalized spacial score (nSPS) is 17.3. The van der Waals surface area contributed by atoms with Gasteiger partial charge in [-0.15, -0.1) is 0 Å². The summed E-state index contributed by atoms with van der Waals surface area (Å²) in [5.41, 5.74) is 1.54. The van der Waals surface area contributed by atoms with Gasteiger partial charge in [0, 0.05) is 0 Å². The molecule has 0 saturated heterocycles. The molecule has 0 radical (unpaired) electrons. The predicted octanol–water partition coefficient (Wildman–Crippen LogP) is 5.04. The Kier molecular flexibility index (Phi) is 6.15. The van der Waals surface area contributed by atoms with Gasteiger partial charge in [-0.05, 0) is 30.8 Å². The first-order chi connectivity index (χ1) is 7.38. The van der Waals surface area contributed by atoms with Gasteiger partial charge in [0.2, 0.25) is 0 Å². The van der Waals surface area contributed by atoms with E-state index in [1.165, 1.54) is 32.1 Å². The Morgan fingerprint density at radius 2 is 2.00 bits per heavy atom.